The van der Waals surface area contributed by atoms with E-state index in [9.17, 15) is 5.11 Å². The van der Waals surface area contributed by atoms with Gasteiger partial charge >= 0.3 is 0 Å². The number of nitrogens with zero attached hydrogens (tertiary/aromatic N) is 3. The Kier molecular flexibility index (Phi) is 4.42. The monoisotopic (exact) mass is 373 g/mol. The summed E-state index contributed by atoms with van der Waals surface area (Å²) in [7, 11) is 0. The fourth-order valence-corrected chi connectivity index (χ4v) is 3.71. The van der Waals surface area contributed by atoms with Crippen LogP contribution in [-0.2, 0) is 0 Å². The maximum Gasteiger partial charge on any atom is 0.234 e. The molecule has 1 unspecified atom stereocenters. The highest BCUT2D eigenvalue weighted by Crippen LogP contribution is 2.36. The Morgan fingerprint density at radius 2 is 2.15 bits per heavy atom. The van der Waals surface area contributed by atoms with E-state index in [-0.39, 0.29) is 23.8 Å². The van der Waals surface area contributed by atoms with E-state index in [1.54, 1.807) is 0 Å². The Bertz CT molecular complexity index is 958. The maximum atomic E-state index is 9.35. The minimum atomic E-state index is 0.0879. The number of aliphatic hydroxyl groups excluding tert-OH is 1. The Morgan fingerprint density at radius 3 is 2.92 bits per heavy atom. The molecule has 26 heavy (non-hydrogen) atoms. The summed E-state index contributed by atoms with van der Waals surface area (Å²) < 4.78 is 5.88. The summed E-state index contributed by atoms with van der Waals surface area (Å²) >= 11 is 6.36. The van der Waals surface area contributed by atoms with Crippen molar-refractivity contribution in [2.24, 2.45) is 5.92 Å². The smallest absolute Gasteiger partial charge is 0.234 e. The van der Waals surface area contributed by atoms with E-state index in [2.05, 4.69) is 20.3 Å². The first kappa shape index (κ1) is 17.1. The third kappa shape index (κ3) is 3.20. The fourth-order valence-electron chi connectivity index (χ4n) is 3.45. The normalized spacial score (nSPS) is 20.0. The lowest BCUT2D eigenvalue weighted by atomic mass is 10.1. The second kappa shape index (κ2) is 6.74. The second-order valence-corrected chi connectivity index (χ2v) is 7.15. The number of anilines is 2. The molecule has 3 aromatic rings. The number of fused-ring (bicyclic) bond motifs is 1. The molecule has 0 aliphatic heterocycles. The Balaban J connectivity index is 1.74. The summed E-state index contributed by atoms with van der Waals surface area (Å²) in [5, 5.41) is 12.9. The molecule has 136 valence electrons. The largest absolute Gasteiger partial charge is 0.436 e. The summed E-state index contributed by atoms with van der Waals surface area (Å²) in [4.78, 5) is 12.9. The zero-order valence-corrected chi connectivity index (χ0v) is 15.1. The molecular formula is C18H20ClN5O2. The number of nitrogens with two attached hydrogens (primary N) is 1. The van der Waals surface area contributed by atoms with Crippen LogP contribution in [0, 0.1) is 12.8 Å². The lowest BCUT2D eigenvalue weighted by Gasteiger charge is -2.16. The average molecular weight is 374 g/mol. The Labute approximate surface area is 155 Å². The van der Waals surface area contributed by atoms with E-state index in [4.69, 9.17) is 21.8 Å². The molecule has 2 aromatic heterocycles. The minimum absolute atomic E-state index is 0.0879. The summed E-state index contributed by atoms with van der Waals surface area (Å²) in [6, 6.07) is 5.97. The Hall–Kier alpha value is -2.38. The molecule has 0 saturated heterocycles. The van der Waals surface area contributed by atoms with Gasteiger partial charge in [-0.3, -0.25) is 0 Å². The molecule has 1 aromatic carbocycles. The van der Waals surface area contributed by atoms with E-state index in [1.165, 1.54) is 0 Å². The van der Waals surface area contributed by atoms with Crippen LogP contribution in [0.15, 0.2) is 22.6 Å². The molecule has 2 heterocycles. The number of halogens is 1. The van der Waals surface area contributed by atoms with Gasteiger partial charge in [0.15, 0.2) is 5.58 Å². The van der Waals surface area contributed by atoms with Crippen molar-refractivity contribution >= 4 is 34.5 Å². The number of hydrogen-bond acceptors (Lipinski definition) is 7. The van der Waals surface area contributed by atoms with E-state index in [1.807, 2.05) is 25.1 Å². The van der Waals surface area contributed by atoms with Gasteiger partial charge in [-0.05, 0) is 49.8 Å². The standard InChI is InChI=1S/C18H20ClN5O2/c1-9-2-5-13-12(6-9)22-17(26-13)14-15(19)23-18(20)24-16(14)21-11-4-3-10(7-11)8-25/h2,5-6,10-11,25H,3-4,7-8H2,1H3,(H3,20,21,23,24)/t10?,11-/m0/s1. The van der Waals surface area contributed by atoms with Crippen molar-refractivity contribution in [3.05, 3.63) is 28.9 Å². The van der Waals surface area contributed by atoms with Crippen molar-refractivity contribution in [2.45, 2.75) is 32.2 Å². The molecule has 0 spiro atoms. The predicted molar refractivity (Wildman–Crippen MR) is 101 cm³/mol. The highest BCUT2D eigenvalue weighted by atomic mass is 35.5. The van der Waals surface area contributed by atoms with Crippen molar-refractivity contribution in [1.29, 1.82) is 0 Å². The third-order valence-electron chi connectivity index (χ3n) is 4.78. The third-order valence-corrected chi connectivity index (χ3v) is 5.05. The van der Waals surface area contributed by atoms with Gasteiger partial charge in [0.05, 0.1) is 0 Å². The lowest BCUT2D eigenvalue weighted by molar-refractivity contribution is 0.229. The van der Waals surface area contributed by atoms with Crippen LogP contribution in [0.4, 0.5) is 11.8 Å². The first-order chi connectivity index (χ1) is 12.5. The van der Waals surface area contributed by atoms with E-state index in [0.29, 0.717) is 28.8 Å². The molecule has 8 heteroatoms. The fraction of sp³-hybridized carbons (Fsp3) is 0.389. The molecule has 1 fully saturated rings. The number of hydrogen-bond donors (Lipinski definition) is 3. The van der Waals surface area contributed by atoms with Crippen LogP contribution in [0.2, 0.25) is 5.15 Å². The molecule has 4 N–H and O–H groups in total. The number of nitrogens with one attached hydrogen (secondary N) is 1. The number of nitrogen functional groups attached to an aromatic ring is 1. The van der Waals surface area contributed by atoms with Crippen LogP contribution in [-0.4, -0.2) is 32.7 Å². The zero-order valence-electron chi connectivity index (χ0n) is 14.4. The predicted octanol–water partition coefficient (Wildman–Crippen LogP) is 3.40. The first-order valence-corrected chi connectivity index (χ1v) is 8.99. The van der Waals surface area contributed by atoms with Gasteiger partial charge in [-0.15, -0.1) is 0 Å². The van der Waals surface area contributed by atoms with E-state index >= 15 is 0 Å². The van der Waals surface area contributed by atoms with Crippen molar-refractivity contribution in [2.75, 3.05) is 17.7 Å². The van der Waals surface area contributed by atoms with Gasteiger partial charge in [-0.2, -0.15) is 4.98 Å². The van der Waals surface area contributed by atoms with Crippen molar-refractivity contribution in [1.82, 2.24) is 15.0 Å². The van der Waals surface area contributed by atoms with E-state index in [0.717, 1.165) is 30.3 Å². The molecule has 0 radical (unpaired) electrons. The Morgan fingerprint density at radius 1 is 1.31 bits per heavy atom. The second-order valence-electron chi connectivity index (χ2n) is 6.79. The molecule has 0 bridgehead atoms. The summed E-state index contributed by atoms with van der Waals surface area (Å²) in [6.07, 6.45) is 2.78. The quantitative estimate of drug-likeness (QED) is 0.601. The highest BCUT2D eigenvalue weighted by Gasteiger charge is 2.27. The number of oxazole rings is 1. The van der Waals surface area contributed by atoms with Gasteiger partial charge in [-0.1, -0.05) is 17.7 Å². The van der Waals surface area contributed by atoms with Crippen molar-refractivity contribution < 1.29 is 9.52 Å². The lowest BCUT2D eigenvalue weighted by Crippen LogP contribution is -2.18. The van der Waals surface area contributed by atoms with Gasteiger partial charge in [0.25, 0.3) is 0 Å². The number of aliphatic hydroxyl groups is 1. The molecule has 0 amide bonds. The van der Waals surface area contributed by atoms with Crippen LogP contribution in [0.3, 0.4) is 0 Å². The van der Waals surface area contributed by atoms with Crippen LogP contribution in [0.1, 0.15) is 24.8 Å². The summed E-state index contributed by atoms with van der Waals surface area (Å²) in [5.74, 6) is 1.26. The number of aromatic nitrogens is 3. The number of aryl methyl sites for hydroxylation is 1. The molecule has 1 aliphatic carbocycles. The van der Waals surface area contributed by atoms with E-state index < -0.39 is 0 Å². The van der Waals surface area contributed by atoms with Gasteiger partial charge in [0.2, 0.25) is 11.8 Å². The SMILES string of the molecule is Cc1ccc2oc(-c3c(Cl)nc(N)nc3N[C@H]3CCC(CO)C3)nc2c1. The zero-order chi connectivity index (χ0) is 18.3. The average Bonchev–Trinajstić information content (AvgIpc) is 3.20. The van der Waals surface area contributed by atoms with Crippen molar-refractivity contribution in [3.63, 3.8) is 0 Å². The topological polar surface area (TPSA) is 110 Å². The van der Waals surface area contributed by atoms with Crippen molar-refractivity contribution in [3.8, 4) is 11.5 Å². The van der Waals surface area contributed by atoms with Crippen LogP contribution in [0.25, 0.3) is 22.6 Å². The van der Waals surface area contributed by atoms with Gasteiger partial charge in [0, 0.05) is 12.6 Å². The molecule has 1 aliphatic rings. The molecular weight excluding hydrogens is 354 g/mol. The number of rotatable bonds is 4. The number of benzene rings is 1. The van der Waals surface area contributed by atoms with Crippen LogP contribution >= 0.6 is 11.6 Å². The first-order valence-electron chi connectivity index (χ1n) is 8.61. The van der Waals surface area contributed by atoms with Crippen LogP contribution < -0.4 is 11.1 Å². The minimum Gasteiger partial charge on any atom is -0.436 e. The van der Waals surface area contributed by atoms with Crippen LogP contribution in [0.5, 0.6) is 0 Å². The molecule has 2 atom stereocenters. The summed E-state index contributed by atoms with van der Waals surface area (Å²) in [5.41, 5.74) is 8.81. The molecule has 7 nitrogen and oxygen atoms in total. The highest BCUT2D eigenvalue weighted by molar-refractivity contribution is 6.32. The van der Waals surface area contributed by atoms with Gasteiger partial charge < -0.3 is 20.6 Å². The van der Waals surface area contributed by atoms with Gasteiger partial charge in [-0.25, -0.2) is 9.97 Å². The molecule has 1 saturated carbocycles. The molecule has 4 rings (SSSR count). The summed E-state index contributed by atoms with van der Waals surface area (Å²) in [6.45, 7) is 2.19. The van der Waals surface area contributed by atoms with Gasteiger partial charge in [0.1, 0.15) is 22.1 Å². The maximum absolute atomic E-state index is 9.35.